The molecular formula is C27H27ClN4O4S2. The van der Waals surface area contributed by atoms with Gasteiger partial charge in [-0.05, 0) is 59.4 Å². The first-order valence-electron chi connectivity index (χ1n) is 12.2. The van der Waals surface area contributed by atoms with Crippen molar-refractivity contribution in [2.45, 2.75) is 17.7 Å². The molecule has 198 valence electrons. The van der Waals surface area contributed by atoms with E-state index >= 15 is 0 Å². The Balaban J connectivity index is 0.000000249. The molecule has 1 aromatic heterocycles. The Morgan fingerprint density at radius 3 is 2.42 bits per heavy atom. The molecule has 1 amide bonds. The molecule has 11 heteroatoms. The van der Waals surface area contributed by atoms with Crippen LogP contribution in [0, 0.1) is 0 Å². The minimum absolute atomic E-state index is 0.0499. The number of carbonyl (C=O) groups is 1. The van der Waals surface area contributed by atoms with Gasteiger partial charge in [-0.2, -0.15) is 12.8 Å². The Hall–Kier alpha value is -3.02. The van der Waals surface area contributed by atoms with Gasteiger partial charge in [0.05, 0.1) is 16.0 Å². The van der Waals surface area contributed by atoms with E-state index in [9.17, 15) is 13.2 Å². The summed E-state index contributed by atoms with van der Waals surface area (Å²) in [6.07, 6.45) is 1.36. The van der Waals surface area contributed by atoms with E-state index in [2.05, 4.69) is 49.8 Å². The van der Waals surface area contributed by atoms with Crippen LogP contribution in [0.25, 0.3) is 10.1 Å². The molecule has 3 aromatic carbocycles. The average Bonchev–Trinajstić information content (AvgIpc) is 3.50. The summed E-state index contributed by atoms with van der Waals surface area (Å²) in [5.74, 6) is 1.17. The van der Waals surface area contributed by atoms with Crippen LogP contribution in [0.2, 0.25) is 5.02 Å². The number of hydrogen-bond donors (Lipinski definition) is 2. The van der Waals surface area contributed by atoms with Crippen LogP contribution in [0.15, 0.2) is 71.6 Å². The third-order valence-corrected chi connectivity index (χ3v) is 8.70. The topological polar surface area (TPSA) is 103 Å². The number of piperazine rings is 1. The zero-order valence-corrected chi connectivity index (χ0v) is 22.9. The van der Waals surface area contributed by atoms with Crippen molar-refractivity contribution in [1.29, 1.82) is 0 Å². The van der Waals surface area contributed by atoms with Gasteiger partial charge in [0.2, 0.25) is 5.91 Å². The minimum Gasteiger partial charge on any atom is -0.353 e. The highest BCUT2D eigenvalue weighted by Gasteiger charge is 2.22. The zero-order valence-electron chi connectivity index (χ0n) is 20.5. The summed E-state index contributed by atoms with van der Waals surface area (Å²) >= 11 is 8.01. The number of fused-ring (bicyclic) bond motifs is 2. The van der Waals surface area contributed by atoms with Crippen LogP contribution in [-0.4, -0.2) is 60.9 Å². The molecule has 3 heterocycles. The van der Waals surface area contributed by atoms with E-state index < -0.39 is 10.1 Å². The molecule has 0 unspecified atom stereocenters. The molecule has 0 bridgehead atoms. The lowest BCUT2D eigenvalue weighted by Gasteiger charge is -2.35. The molecule has 0 atom stereocenters. The van der Waals surface area contributed by atoms with Crippen molar-refractivity contribution in [2.75, 3.05) is 42.9 Å². The smallest absolute Gasteiger partial charge is 0.294 e. The number of nitrogens with one attached hydrogen (secondary N) is 1. The first-order valence-corrected chi connectivity index (χ1v) is 14.8. The SMILES string of the molecule is O=C1Cc2cc(CCN3CCN(c4nsc5ccccc45)CC3)c(Cl)cc2N1.O=S(=O)(O)c1ccccc1. The fourth-order valence-corrected chi connectivity index (χ4v) is 6.20. The van der Waals surface area contributed by atoms with Gasteiger partial charge in [0.25, 0.3) is 10.1 Å². The highest BCUT2D eigenvalue weighted by Crippen LogP contribution is 2.31. The lowest BCUT2D eigenvalue weighted by molar-refractivity contribution is -0.115. The Morgan fingerprint density at radius 1 is 1.00 bits per heavy atom. The highest BCUT2D eigenvalue weighted by atomic mass is 35.5. The zero-order chi connectivity index (χ0) is 26.7. The van der Waals surface area contributed by atoms with Crippen LogP contribution < -0.4 is 10.2 Å². The Morgan fingerprint density at radius 2 is 1.71 bits per heavy atom. The van der Waals surface area contributed by atoms with Gasteiger partial charge in [0.1, 0.15) is 5.82 Å². The van der Waals surface area contributed by atoms with Crippen molar-refractivity contribution in [3.05, 3.63) is 82.9 Å². The molecule has 0 aliphatic carbocycles. The first kappa shape index (κ1) is 26.6. The van der Waals surface area contributed by atoms with E-state index in [0.717, 1.165) is 66.8 Å². The van der Waals surface area contributed by atoms with Crippen LogP contribution in [0.5, 0.6) is 0 Å². The van der Waals surface area contributed by atoms with Crippen molar-refractivity contribution < 1.29 is 17.8 Å². The summed E-state index contributed by atoms with van der Waals surface area (Å²) in [4.78, 5) is 16.4. The molecule has 8 nitrogen and oxygen atoms in total. The summed E-state index contributed by atoms with van der Waals surface area (Å²) in [5.41, 5.74) is 3.05. The quantitative estimate of drug-likeness (QED) is 0.334. The second kappa shape index (κ2) is 11.4. The van der Waals surface area contributed by atoms with Crippen LogP contribution in [0.4, 0.5) is 11.5 Å². The molecule has 0 spiro atoms. The van der Waals surface area contributed by atoms with Gasteiger partial charge >= 0.3 is 0 Å². The minimum atomic E-state index is -4.00. The number of nitrogens with zero attached hydrogens (tertiary/aromatic N) is 3. The second-order valence-corrected chi connectivity index (χ2v) is 11.8. The number of aromatic nitrogens is 1. The maximum Gasteiger partial charge on any atom is 0.294 e. The van der Waals surface area contributed by atoms with Crippen LogP contribution in [0.3, 0.4) is 0 Å². The third-order valence-electron chi connectivity index (χ3n) is 6.67. The van der Waals surface area contributed by atoms with Gasteiger partial charge < -0.3 is 10.2 Å². The van der Waals surface area contributed by atoms with Gasteiger partial charge in [0, 0.05) is 48.8 Å². The number of halogens is 1. The van der Waals surface area contributed by atoms with Gasteiger partial charge in [-0.1, -0.05) is 48.0 Å². The molecule has 1 fully saturated rings. The van der Waals surface area contributed by atoms with Gasteiger partial charge in [-0.15, -0.1) is 0 Å². The molecule has 0 radical (unpaired) electrons. The van der Waals surface area contributed by atoms with E-state index in [0.29, 0.717) is 6.42 Å². The number of carbonyl (C=O) groups excluding carboxylic acids is 1. The molecule has 4 aromatic rings. The monoisotopic (exact) mass is 570 g/mol. The molecule has 2 aliphatic heterocycles. The lowest BCUT2D eigenvalue weighted by atomic mass is 10.1. The number of benzene rings is 3. The third kappa shape index (κ3) is 6.16. The van der Waals surface area contributed by atoms with Crippen molar-refractivity contribution in [3.8, 4) is 0 Å². The van der Waals surface area contributed by atoms with Crippen LogP contribution in [-0.2, 0) is 27.8 Å². The number of amides is 1. The Bertz CT molecular complexity index is 1550. The van der Waals surface area contributed by atoms with Crippen LogP contribution in [0.1, 0.15) is 11.1 Å². The van der Waals surface area contributed by atoms with Crippen LogP contribution >= 0.6 is 23.1 Å². The van der Waals surface area contributed by atoms with Gasteiger partial charge in [0.15, 0.2) is 0 Å². The maximum atomic E-state index is 11.6. The fraction of sp³-hybridized carbons (Fsp3) is 0.259. The Labute approximate surface area is 230 Å². The predicted octanol–water partition coefficient (Wildman–Crippen LogP) is 4.74. The van der Waals surface area contributed by atoms with Crippen molar-refractivity contribution >= 4 is 60.8 Å². The van der Waals surface area contributed by atoms with Gasteiger partial charge in [-0.3, -0.25) is 14.2 Å². The molecule has 1 saturated heterocycles. The normalized spacial score (nSPS) is 15.6. The van der Waals surface area contributed by atoms with E-state index in [1.54, 1.807) is 29.7 Å². The standard InChI is InChI=1S/C21H21ClN4OS.C6H6O3S/c22-17-13-18-15(12-20(27)23-18)11-14(17)5-6-25-7-9-26(10-8-25)21-16-3-1-2-4-19(16)28-24-21;7-10(8,9)6-4-2-1-3-5-6/h1-4,11,13H,5-10,12H2,(H,23,27);1-5H,(H,7,8,9). The first-order chi connectivity index (χ1) is 18.3. The molecular weight excluding hydrogens is 544 g/mol. The fourth-order valence-electron chi connectivity index (χ4n) is 4.65. The van der Waals surface area contributed by atoms with E-state index in [1.165, 1.54) is 22.2 Å². The van der Waals surface area contributed by atoms with Crippen molar-refractivity contribution in [2.24, 2.45) is 0 Å². The summed E-state index contributed by atoms with van der Waals surface area (Å²) in [6.45, 7) is 5.00. The summed E-state index contributed by atoms with van der Waals surface area (Å²) in [5, 5.41) is 4.86. The van der Waals surface area contributed by atoms with Crippen molar-refractivity contribution in [3.63, 3.8) is 0 Å². The van der Waals surface area contributed by atoms with E-state index in [-0.39, 0.29) is 10.8 Å². The van der Waals surface area contributed by atoms with Gasteiger partial charge in [-0.25, -0.2) is 0 Å². The lowest BCUT2D eigenvalue weighted by Crippen LogP contribution is -2.47. The predicted molar refractivity (Wildman–Crippen MR) is 152 cm³/mol. The number of hydrogen-bond acceptors (Lipinski definition) is 7. The molecule has 0 saturated carbocycles. The van der Waals surface area contributed by atoms with Crippen molar-refractivity contribution in [1.82, 2.24) is 9.27 Å². The second-order valence-electron chi connectivity index (χ2n) is 9.19. The number of anilines is 2. The molecule has 2 aliphatic rings. The summed E-state index contributed by atoms with van der Waals surface area (Å²) in [6, 6.07) is 19.9. The van der Waals surface area contributed by atoms with E-state index in [4.69, 9.17) is 16.2 Å². The summed E-state index contributed by atoms with van der Waals surface area (Å²) in [7, 11) is -4.00. The molecule has 2 N–H and O–H groups in total. The number of rotatable bonds is 5. The highest BCUT2D eigenvalue weighted by molar-refractivity contribution is 7.85. The largest absolute Gasteiger partial charge is 0.353 e. The average molecular weight is 571 g/mol. The van der Waals surface area contributed by atoms with E-state index in [1.807, 2.05) is 6.07 Å². The molecule has 6 rings (SSSR count). The maximum absolute atomic E-state index is 11.6. The Kier molecular flexibility index (Phi) is 7.96. The molecule has 38 heavy (non-hydrogen) atoms. The summed E-state index contributed by atoms with van der Waals surface area (Å²) < 4.78 is 35.2.